The van der Waals surface area contributed by atoms with Gasteiger partial charge in [-0.25, -0.2) is 4.39 Å². The number of rotatable bonds is 5. The Morgan fingerprint density at radius 3 is 2.52 bits per heavy atom. The number of halogens is 1. The molecule has 2 aromatic rings. The van der Waals surface area contributed by atoms with E-state index in [9.17, 15) is 14.0 Å². The van der Waals surface area contributed by atoms with Gasteiger partial charge in [-0.15, -0.1) is 0 Å². The van der Waals surface area contributed by atoms with Crippen molar-refractivity contribution in [3.05, 3.63) is 59.7 Å². The molecular weight excluding hydrogens is 297 g/mol. The Kier molecular flexibility index (Phi) is 5.41. The molecule has 0 spiro atoms. The second-order valence-electron chi connectivity index (χ2n) is 5.21. The lowest BCUT2D eigenvalue weighted by molar-refractivity contribution is 0.0939. The molecule has 1 atom stereocenters. The molecule has 23 heavy (non-hydrogen) atoms. The van der Waals surface area contributed by atoms with E-state index in [1.54, 1.807) is 6.07 Å². The van der Waals surface area contributed by atoms with E-state index in [2.05, 4.69) is 15.6 Å². The molecule has 0 fully saturated rings. The number of benzene rings is 1. The molecule has 120 valence electrons. The predicted octanol–water partition coefficient (Wildman–Crippen LogP) is 3.00. The topological polar surface area (TPSA) is 71.1 Å². The molecule has 5 nitrogen and oxygen atoms in total. The van der Waals surface area contributed by atoms with E-state index >= 15 is 0 Å². The summed E-state index contributed by atoms with van der Waals surface area (Å²) in [6.45, 7) is 3.86. The fourth-order valence-electron chi connectivity index (χ4n) is 1.87. The maximum atomic E-state index is 13.1. The summed E-state index contributed by atoms with van der Waals surface area (Å²) in [6.07, 6.45) is 3.56. The molecule has 0 aliphatic heterocycles. The summed E-state index contributed by atoms with van der Waals surface area (Å²) in [5.41, 5.74) is 0.868. The molecule has 1 aromatic heterocycles. The maximum absolute atomic E-state index is 13.1. The summed E-state index contributed by atoms with van der Waals surface area (Å²) in [6, 6.07) is 7.07. The summed E-state index contributed by atoms with van der Waals surface area (Å²) >= 11 is 0. The third-order valence-electron chi connectivity index (χ3n) is 3.33. The SMILES string of the molecule is CCC(C)NC(=O)c1cncc(C(=O)Nc2cccc(F)c2)c1. The number of hydrogen-bond acceptors (Lipinski definition) is 3. The quantitative estimate of drug-likeness (QED) is 0.891. The number of hydrogen-bond donors (Lipinski definition) is 2. The van der Waals surface area contributed by atoms with Crippen LogP contribution in [0.5, 0.6) is 0 Å². The highest BCUT2D eigenvalue weighted by molar-refractivity contribution is 6.05. The van der Waals surface area contributed by atoms with Crippen LogP contribution in [0.4, 0.5) is 10.1 Å². The zero-order valence-corrected chi connectivity index (χ0v) is 13.0. The molecule has 0 radical (unpaired) electrons. The number of aromatic nitrogens is 1. The average molecular weight is 315 g/mol. The van der Waals surface area contributed by atoms with Crippen LogP contribution < -0.4 is 10.6 Å². The first-order valence-electron chi connectivity index (χ1n) is 7.32. The maximum Gasteiger partial charge on any atom is 0.257 e. The summed E-state index contributed by atoms with van der Waals surface area (Å²) in [7, 11) is 0. The van der Waals surface area contributed by atoms with Crippen molar-refractivity contribution in [3.63, 3.8) is 0 Å². The Morgan fingerprint density at radius 1 is 1.17 bits per heavy atom. The van der Waals surface area contributed by atoms with Gasteiger partial charge in [0, 0.05) is 24.1 Å². The summed E-state index contributed by atoms with van der Waals surface area (Å²) in [4.78, 5) is 28.2. The highest BCUT2D eigenvalue weighted by Gasteiger charge is 2.13. The second kappa shape index (κ2) is 7.49. The van der Waals surface area contributed by atoms with E-state index in [0.29, 0.717) is 11.3 Å². The fraction of sp³-hybridized carbons (Fsp3) is 0.235. The van der Waals surface area contributed by atoms with Crippen molar-refractivity contribution in [1.82, 2.24) is 10.3 Å². The Balaban J connectivity index is 2.12. The lowest BCUT2D eigenvalue weighted by atomic mass is 10.1. The largest absolute Gasteiger partial charge is 0.350 e. The normalized spacial score (nSPS) is 11.6. The van der Waals surface area contributed by atoms with Crippen LogP contribution >= 0.6 is 0 Å². The van der Waals surface area contributed by atoms with E-state index in [1.807, 2.05) is 13.8 Å². The van der Waals surface area contributed by atoms with Gasteiger partial charge in [0.2, 0.25) is 0 Å². The van der Waals surface area contributed by atoms with Crippen molar-refractivity contribution in [2.24, 2.45) is 0 Å². The summed E-state index contributed by atoms with van der Waals surface area (Å²) in [5, 5.41) is 5.38. The van der Waals surface area contributed by atoms with Gasteiger partial charge < -0.3 is 10.6 Å². The number of carbonyl (C=O) groups excluding carboxylic acids is 2. The molecule has 1 heterocycles. The molecule has 2 rings (SSSR count). The van der Waals surface area contributed by atoms with Gasteiger partial charge in [-0.05, 0) is 37.6 Å². The monoisotopic (exact) mass is 315 g/mol. The molecule has 2 N–H and O–H groups in total. The zero-order valence-electron chi connectivity index (χ0n) is 13.0. The van der Waals surface area contributed by atoms with Crippen molar-refractivity contribution in [3.8, 4) is 0 Å². The van der Waals surface area contributed by atoms with E-state index in [-0.39, 0.29) is 17.5 Å². The summed E-state index contributed by atoms with van der Waals surface area (Å²) in [5.74, 6) is -1.18. The van der Waals surface area contributed by atoms with E-state index < -0.39 is 11.7 Å². The molecular formula is C17H18FN3O2. The zero-order chi connectivity index (χ0) is 16.8. The smallest absolute Gasteiger partial charge is 0.257 e. The van der Waals surface area contributed by atoms with Crippen LogP contribution in [0.25, 0.3) is 0 Å². The van der Waals surface area contributed by atoms with E-state index in [1.165, 1.54) is 36.7 Å². The Bertz CT molecular complexity index is 718. The van der Waals surface area contributed by atoms with Gasteiger partial charge >= 0.3 is 0 Å². The van der Waals surface area contributed by atoms with Crippen molar-refractivity contribution in [2.75, 3.05) is 5.32 Å². The van der Waals surface area contributed by atoms with Gasteiger partial charge in [0.05, 0.1) is 11.1 Å². The molecule has 1 unspecified atom stereocenters. The molecule has 6 heteroatoms. The van der Waals surface area contributed by atoms with Gasteiger partial charge in [0.15, 0.2) is 0 Å². The molecule has 1 aromatic carbocycles. The minimum atomic E-state index is -0.457. The number of carbonyl (C=O) groups is 2. The summed E-state index contributed by atoms with van der Waals surface area (Å²) < 4.78 is 13.1. The van der Waals surface area contributed by atoms with Crippen molar-refractivity contribution in [1.29, 1.82) is 0 Å². The van der Waals surface area contributed by atoms with E-state index in [4.69, 9.17) is 0 Å². The first-order valence-corrected chi connectivity index (χ1v) is 7.32. The van der Waals surface area contributed by atoms with Crippen molar-refractivity contribution < 1.29 is 14.0 Å². The van der Waals surface area contributed by atoms with Crippen LogP contribution in [0.15, 0.2) is 42.7 Å². The van der Waals surface area contributed by atoms with Gasteiger partial charge in [-0.1, -0.05) is 13.0 Å². The van der Waals surface area contributed by atoms with E-state index in [0.717, 1.165) is 6.42 Å². The predicted molar refractivity (Wildman–Crippen MR) is 85.8 cm³/mol. The fourth-order valence-corrected chi connectivity index (χ4v) is 1.87. The number of nitrogens with one attached hydrogen (secondary N) is 2. The lowest BCUT2D eigenvalue weighted by Gasteiger charge is -2.11. The molecule has 0 aliphatic carbocycles. The van der Waals surface area contributed by atoms with Gasteiger partial charge in [0.25, 0.3) is 11.8 Å². The third kappa shape index (κ3) is 4.60. The Morgan fingerprint density at radius 2 is 1.87 bits per heavy atom. The average Bonchev–Trinajstić information content (AvgIpc) is 2.54. The molecule has 0 bridgehead atoms. The highest BCUT2D eigenvalue weighted by Crippen LogP contribution is 2.12. The van der Waals surface area contributed by atoms with Gasteiger partial charge in [-0.3, -0.25) is 14.6 Å². The number of pyridine rings is 1. The Labute approximate surface area is 133 Å². The van der Waals surface area contributed by atoms with Gasteiger partial charge in [0.1, 0.15) is 5.82 Å². The van der Waals surface area contributed by atoms with Crippen LogP contribution in [0.1, 0.15) is 41.0 Å². The van der Waals surface area contributed by atoms with Crippen LogP contribution in [0.2, 0.25) is 0 Å². The number of nitrogens with zero attached hydrogens (tertiary/aromatic N) is 1. The molecule has 0 aliphatic rings. The molecule has 0 saturated carbocycles. The first kappa shape index (κ1) is 16.6. The van der Waals surface area contributed by atoms with Crippen LogP contribution in [-0.4, -0.2) is 22.8 Å². The van der Waals surface area contributed by atoms with Crippen LogP contribution in [0, 0.1) is 5.82 Å². The standard InChI is InChI=1S/C17H18FN3O2/c1-3-11(2)20-16(22)12-7-13(10-19-9-12)17(23)21-15-6-4-5-14(18)8-15/h4-11H,3H2,1-2H3,(H,20,22)(H,21,23). The van der Waals surface area contributed by atoms with Crippen LogP contribution in [-0.2, 0) is 0 Å². The van der Waals surface area contributed by atoms with Crippen molar-refractivity contribution >= 4 is 17.5 Å². The number of anilines is 1. The second-order valence-corrected chi connectivity index (χ2v) is 5.21. The lowest BCUT2D eigenvalue weighted by Crippen LogP contribution is -2.32. The molecule has 2 amide bonds. The highest BCUT2D eigenvalue weighted by atomic mass is 19.1. The minimum absolute atomic E-state index is 0.0345. The molecule has 0 saturated heterocycles. The van der Waals surface area contributed by atoms with Crippen LogP contribution in [0.3, 0.4) is 0 Å². The number of amides is 2. The first-order chi connectivity index (χ1) is 11.0. The van der Waals surface area contributed by atoms with Crippen molar-refractivity contribution in [2.45, 2.75) is 26.3 Å². The minimum Gasteiger partial charge on any atom is -0.350 e. The Hall–Kier alpha value is -2.76. The van der Waals surface area contributed by atoms with Gasteiger partial charge in [-0.2, -0.15) is 0 Å². The third-order valence-corrected chi connectivity index (χ3v) is 3.33.